The molecule has 0 heterocycles. The second kappa shape index (κ2) is 4.53. The fourth-order valence-corrected chi connectivity index (χ4v) is 2.89. The zero-order chi connectivity index (χ0) is 11.6. The van der Waals surface area contributed by atoms with Crippen molar-refractivity contribution < 1.29 is 13.5 Å². The van der Waals surface area contributed by atoms with Crippen LogP contribution >= 0.6 is 0 Å². The van der Waals surface area contributed by atoms with E-state index in [1.807, 2.05) is 0 Å². The average Bonchev–Trinajstić information content (AvgIpc) is 2.24. The molecule has 5 heteroatoms. The Bertz CT molecular complexity index is 449. The van der Waals surface area contributed by atoms with Crippen molar-refractivity contribution in [3.63, 3.8) is 0 Å². The van der Waals surface area contributed by atoms with Crippen molar-refractivity contribution in [1.29, 1.82) is 0 Å². The number of aliphatic hydroxyl groups excluding tert-OH is 1. The molecular weight excluding hydrogens is 226 g/mol. The van der Waals surface area contributed by atoms with Crippen LogP contribution in [0.25, 0.3) is 0 Å². The molecule has 0 aliphatic heterocycles. The molecule has 1 fully saturated rings. The molecule has 0 unspecified atom stereocenters. The van der Waals surface area contributed by atoms with Crippen molar-refractivity contribution in [3.8, 4) is 0 Å². The highest BCUT2D eigenvalue weighted by molar-refractivity contribution is 7.89. The van der Waals surface area contributed by atoms with Crippen LogP contribution in [0.1, 0.15) is 24.8 Å². The lowest BCUT2D eigenvalue weighted by Gasteiger charge is -2.26. The summed E-state index contributed by atoms with van der Waals surface area (Å²) in [5.74, 6) is 0. The van der Waals surface area contributed by atoms with Gasteiger partial charge in [-0.15, -0.1) is 0 Å². The molecule has 0 bridgehead atoms. The molecule has 1 aliphatic rings. The fraction of sp³-hybridized carbons (Fsp3) is 0.455. The van der Waals surface area contributed by atoms with Crippen molar-refractivity contribution in [2.75, 3.05) is 0 Å². The van der Waals surface area contributed by atoms with E-state index >= 15 is 0 Å². The summed E-state index contributed by atoms with van der Waals surface area (Å²) >= 11 is 0. The molecule has 0 saturated heterocycles. The SMILES string of the molecule is O=S(=O)(NC1CCC1)c1ccc(CO)cc1. The fourth-order valence-electron chi connectivity index (χ4n) is 1.59. The van der Waals surface area contributed by atoms with Crippen LogP contribution in [0.2, 0.25) is 0 Å². The molecule has 16 heavy (non-hydrogen) atoms. The molecule has 4 nitrogen and oxygen atoms in total. The van der Waals surface area contributed by atoms with Crippen LogP contribution in [-0.4, -0.2) is 19.6 Å². The zero-order valence-corrected chi connectivity index (χ0v) is 9.70. The number of aliphatic hydroxyl groups is 1. The van der Waals surface area contributed by atoms with Gasteiger partial charge in [0, 0.05) is 6.04 Å². The van der Waals surface area contributed by atoms with Crippen LogP contribution in [0, 0.1) is 0 Å². The van der Waals surface area contributed by atoms with Crippen LogP contribution in [0.4, 0.5) is 0 Å². The Balaban J connectivity index is 2.14. The maximum atomic E-state index is 11.9. The quantitative estimate of drug-likeness (QED) is 0.826. The monoisotopic (exact) mass is 241 g/mol. The number of hydrogen-bond donors (Lipinski definition) is 2. The molecular formula is C11H15NO3S. The second-order valence-corrected chi connectivity index (χ2v) is 5.77. The summed E-state index contributed by atoms with van der Waals surface area (Å²) in [5.41, 5.74) is 0.711. The number of nitrogens with one attached hydrogen (secondary N) is 1. The number of benzene rings is 1. The molecule has 0 atom stereocenters. The van der Waals surface area contributed by atoms with Crippen LogP contribution in [0.3, 0.4) is 0 Å². The van der Waals surface area contributed by atoms with Gasteiger partial charge < -0.3 is 5.11 Å². The number of sulfonamides is 1. The highest BCUT2D eigenvalue weighted by Gasteiger charge is 2.24. The summed E-state index contributed by atoms with van der Waals surface area (Å²) in [7, 11) is -3.38. The van der Waals surface area contributed by atoms with Gasteiger partial charge in [0.1, 0.15) is 0 Å². The molecule has 1 aliphatic carbocycles. The molecule has 2 N–H and O–H groups in total. The Kier molecular flexibility index (Phi) is 3.28. The molecule has 1 saturated carbocycles. The third kappa shape index (κ3) is 2.42. The van der Waals surface area contributed by atoms with E-state index < -0.39 is 10.0 Å². The first kappa shape index (κ1) is 11.6. The molecule has 88 valence electrons. The van der Waals surface area contributed by atoms with E-state index in [2.05, 4.69) is 4.72 Å². The predicted octanol–water partition coefficient (Wildman–Crippen LogP) is 1.01. The Hall–Kier alpha value is -0.910. The van der Waals surface area contributed by atoms with Crippen LogP contribution in [0.5, 0.6) is 0 Å². The van der Waals surface area contributed by atoms with Crippen molar-refractivity contribution >= 4 is 10.0 Å². The van der Waals surface area contributed by atoms with Gasteiger partial charge in [0.15, 0.2) is 0 Å². The first-order valence-corrected chi connectivity index (χ1v) is 6.82. The van der Waals surface area contributed by atoms with Crippen molar-refractivity contribution in [3.05, 3.63) is 29.8 Å². The topological polar surface area (TPSA) is 66.4 Å². The Morgan fingerprint density at radius 1 is 1.25 bits per heavy atom. The van der Waals surface area contributed by atoms with Gasteiger partial charge in [0.05, 0.1) is 11.5 Å². The maximum Gasteiger partial charge on any atom is 0.240 e. The van der Waals surface area contributed by atoms with Crippen molar-refractivity contribution in [1.82, 2.24) is 4.72 Å². The van der Waals surface area contributed by atoms with Gasteiger partial charge in [0.2, 0.25) is 10.0 Å². The Labute approximate surface area is 95.4 Å². The maximum absolute atomic E-state index is 11.9. The second-order valence-electron chi connectivity index (χ2n) is 4.05. The van der Waals surface area contributed by atoms with Crippen molar-refractivity contribution in [2.45, 2.75) is 36.8 Å². The van der Waals surface area contributed by atoms with Gasteiger partial charge in [-0.25, -0.2) is 13.1 Å². The third-order valence-electron chi connectivity index (χ3n) is 2.84. The largest absolute Gasteiger partial charge is 0.392 e. The minimum atomic E-state index is -3.38. The van der Waals surface area contributed by atoms with E-state index in [1.54, 1.807) is 12.1 Å². The molecule has 1 aromatic rings. The Morgan fingerprint density at radius 2 is 1.88 bits per heavy atom. The van der Waals surface area contributed by atoms with Gasteiger partial charge in [-0.2, -0.15) is 0 Å². The number of hydrogen-bond acceptors (Lipinski definition) is 3. The van der Waals surface area contributed by atoms with Crippen LogP contribution in [-0.2, 0) is 16.6 Å². The van der Waals surface area contributed by atoms with Crippen molar-refractivity contribution in [2.24, 2.45) is 0 Å². The van der Waals surface area contributed by atoms with E-state index in [9.17, 15) is 8.42 Å². The summed E-state index contributed by atoms with van der Waals surface area (Å²) in [5, 5.41) is 8.86. The normalized spacial score (nSPS) is 17.1. The zero-order valence-electron chi connectivity index (χ0n) is 8.89. The lowest BCUT2D eigenvalue weighted by Crippen LogP contribution is -2.39. The van der Waals surface area contributed by atoms with Gasteiger partial charge in [-0.05, 0) is 30.5 Å². The lowest BCUT2D eigenvalue weighted by molar-refractivity contribution is 0.281. The van der Waals surface area contributed by atoms with Gasteiger partial charge in [0.25, 0.3) is 0 Å². The van der Waals surface area contributed by atoms with E-state index in [0.717, 1.165) is 19.3 Å². The molecule has 2 rings (SSSR count). The molecule has 1 aromatic carbocycles. The van der Waals surface area contributed by atoms with Gasteiger partial charge in [-0.1, -0.05) is 18.6 Å². The number of rotatable bonds is 4. The van der Waals surface area contributed by atoms with Gasteiger partial charge >= 0.3 is 0 Å². The van der Waals surface area contributed by atoms with E-state index in [-0.39, 0.29) is 17.5 Å². The Morgan fingerprint density at radius 3 is 2.31 bits per heavy atom. The average molecular weight is 241 g/mol. The minimum absolute atomic E-state index is 0.0730. The summed E-state index contributed by atoms with van der Waals surface area (Å²) < 4.78 is 26.4. The molecule has 0 spiro atoms. The smallest absolute Gasteiger partial charge is 0.240 e. The van der Waals surface area contributed by atoms with Crippen LogP contribution < -0.4 is 4.72 Å². The molecule has 0 amide bonds. The standard InChI is InChI=1S/C11H15NO3S/c13-8-9-4-6-11(7-5-9)16(14,15)12-10-2-1-3-10/h4-7,10,12-13H,1-3,8H2. The van der Waals surface area contributed by atoms with Gasteiger partial charge in [-0.3, -0.25) is 0 Å². The first-order valence-electron chi connectivity index (χ1n) is 5.34. The summed E-state index contributed by atoms with van der Waals surface area (Å²) in [4.78, 5) is 0.261. The van der Waals surface area contributed by atoms with E-state index in [1.165, 1.54) is 12.1 Å². The molecule has 0 aromatic heterocycles. The highest BCUT2D eigenvalue weighted by atomic mass is 32.2. The lowest BCUT2D eigenvalue weighted by atomic mass is 9.94. The summed E-state index contributed by atoms with van der Waals surface area (Å²) in [6.07, 6.45) is 2.94. The highest BCUT2D eigenvalue weighted by Crippen LogP contribution is 2.21. The minimum Gasteiger partial charge on any atom is -0.392 e. The summed E-state index contributed by atoms with van der Waals surface area (Å²) in [6, 6.07) is 6.38. The third-order valence-corrected chi connectivity index (χ3v) is 4.38. The van der Waals surface area contributed by atoms with E-state index in [0.29, 0.717) is 5.56 Å². The first-order chi connectivity index (χ1) is 7.62. The van der Waals surface area contributed by atoms with E-state index in [4.69, 9.17) is 5.11 Å². The molecule has 0 radical (unpaired) electrons. The van der Waals surface area contributed by atoms with Crippen LogP contribution in [0.15, 0.2) is 29.2 Å². The summed E-state index contributed by atoms with van der Waals surface area (Å²) in [6.45, 7) is -0.0730. The predicted molar refractivity (Wildman–Crippen MR) is 60.3 cm³/mol.